The normalized spacial score (nSPS) is 13.1. The maximum absolute atomic E-state index is 8.58. The van der Waals surface area contributed by atoms with Crippen LogP contribution in [0.3, 0.4) is 0 Å². The van der Waals surface area contributed by atoms with Crippen molar-refractivity contribution in [2.24, 2.45) is 0 Å². The minimum atomic E-state index is -1.67. The van der Waals surface area contributed by atoms with Crippen LogP contribution in [0.1, 0.15) is 13.3 Å². The number of hydrogen-bond donors (Lipinski definition) is 0. The smallest absolute Gasteiger partial charge is 0.338 e. The molecule has 0 aliphatic carbocycles. The summed E-state index contributed by atoms with van der Waals surface area (Å²) >= 11 is 0. The lowest BCUT2D eigenvalue weighted by molar-refractivity contribution is 0.270. The molecule has 0 saturated heterocycles. The van der Waals surface area contributed by atoms with Crippen molar-refractivity contribution in [2.75, 3.05) is 14.2 Å². The molecule has 1 unspecified atom stereocenters. The molecular weight excluding hydrogens is 146 g/mol. The Morgan fingerprint density at radius 3 is 2.10 bits per heavy atom. The van der Waals surface area contributed by atoms with E-state index in [0.717, 1.165) is 6.42 Å². The van der Waals surface area contributed by atoms with E-state index in [0.29, 0.717) is 0 Å². The Kier molecular flexibility index (Phi) is 5.21. The van der Waals surface area contributed by atoms with Crippen molar-refractivity contribution in [3.8, 4) is 6.07 Å². The monoisotopic (exact) mass is 159 g/mol. The van der Waals surface area contributed by atoms with Gasteiger partial charge in [-0.2, -0.15) is 5.26 Å². The highest BCUT2D eigenvalue weighted by molar-refractivity contribution is 6.47. The Labute approximate surface area is 63.4 Å². The van der Waals surface area contributed by atoms with Crippen molar-refractivity contribution in [1.29, 1.82) is 5.26 Å². The summed E-state index contributed by atoms with van der Waals surface area (Å²) in [6.07, 6.45) is 0.815. The summed E-state index contributed by atoms with van der Waals surface area (Å²) in [6, 6.07) is 2.17. The first-order valence-electron chi connectivity index (χ1n) is 3.25. The van der Waals surface area contributed by atoms with E-state index >= 15 is 0 Å². The summed E-state index contributed by atoms with van der Waals surface area (Å²) in [5, 5.41) is 8.58. The minimum Gasteiger partial charge on any atom is -0.399 e. The topological polar surface area (TPSA) is 42.2 Å². The summed E-state index contributed by atoms with van der Waals surface area (Å²) < 4.78 is 10.1. The maximum atomic E-state index is 8.58. The van der Waals surface area contributed by atoms with Gasteiger partial charge in [0.1, 0.15) is 0 Å². The third kappa shape index (κ3) is 2.48. The lowest BCUT2D eigenvalue weighted by Crippen LogP contribution is -2.24. The summed E-state index contributed by atoms with van der Waals surface area (Å²) in [7, 11) is 1.53. The van der Waals surface area contributed by atoms with E-state index in [1.54, 1.807) is 14.2 Å². The highest BCUT2D eigenvalue weighted by atomic mass is 28.3. The van der Waals surface area contributed by atoms with Gasteiger partial charge in [-0.05, 0) is 6.42 Å². The van der Waals surface area contributed by atoms with Crippen molar-refractivity contribution in [3.63, 3.8) is 0 Å². The molecule has 0 spiro atoms. The zero-order valence-electron chi connectivity index (χ0n) is 6.63. The van der Waals surface area contributed by atoms with Crippen molar-refractivity contribution < 1.29 is 8.85 Å². The average molecular weight is 159 g/mol. The Morgan fingerprint density at radius 2 is 2.00 bits per heavy atom. The molecule has 0 bridgehead atoms. The summed E-state index contributed by atoms with van der Waals surface area (Å²) in [4.78, 5) is 0. The molecule has 0 heterocycles. The van der Waals surface area contributed by atoms with Crippen LogP contribution in [-0.4, -0.2) is 23.5 Å². The molecule has 0 aromatic carbocycles. The van der Waals surface area contributed by atoms with Gasteiger partial charge in [0.15, 0.2) is 0 Å². The van der Waals surface area contributed by atoms with Gasteiger partial charge in [0.2, 0.25) is 0 Å². The van der Waals surface area contributed by atoms with Gasteiger partial charge in [-0.15, -0.1) is 0 Å². The molecule has 58 valence electrons. The molecule has 0 aromatic rings. The van der Waals surface area contributed by atoms with Crippen molar-refractivity contribution >= 4 is 9.28 Å². The number of hydrogen-bond acceptors (Lipinski definition) is 3. The molecule has 0 aliphatic rings. The second-order valence-corrected chi connectivity index (χ2v) is 4.47. The minimum absolute atomic E-state index is 0.0185. The van der Waals surface area contributed by atoms with Crippen LogP contribution in [0, 0.1) is 11.3 Å². The molecule has 0 N–H and O–H groups in total. The lowest BCUT2D eigenvalue weighted by atomic mass is 10.4. The number of nitriles is 1. The molecule has 3 nitrogen and oxygen atoms in total. The molecular formula is C6H13NO2Si. The number of rotatable bonds is 4. The first kappa shape index (κ1) is 9.63. The molecule has 0 aliphatic heterocycles. The molecule has 0 rings (SSSR count). The second kappa shape index (κ2) is 5.41. The van der Waals surface area contributed by atoms with Crippen LogP contribution in [0.4, 0.5) is 0 Å². The molecule has 4 heteroatoms. The fourth-order valence-electron chi connectivity index (χ4n) is 0.769. The molecule has 0 aromatic heterocycles. The van der Waals surface area contributed by atoms with Gasteiger partial charge in [0, 0.05) is 14.2 Å². The average Bonchev–Trinajstić information content (AvgIpc) is 2.00. The maximum Gasteiger partial charge on any atom is 0.338 e. The van der Waals surface area contributed by atoms with Gasteiger partial charge < -0.3 is 8.85 Å². The Hall–Kier alpha value is -0.373. The molecule has 0 amide bonds. The van der Waals surface area contributed by atoms with E-state index < -0.39 is 9.28 Å². The van der Waals surface area contributed by atoms with E-state index in [1.165, 1.54) is 0 Å². The third-order valence-corrected chi connectivity index (χ3v) is 3.61. The molecule has 1 atom stereocenters. The standard InChI is InChI=1S/C6H13NO2Si/c1-4-6(5-7)10(8-2)9-3/h6,10H,4H2,1-3H3. The summed E-state index contributed by atoms with van der Waals surface area (Å²) in [5.74, 6) is 0. The summed E-state index contributed by atoms with van der Waals surface area (Å²) in [5.41, 5.74) is -0.0185. The van der Waals surface area contributed by atoms with Crippen molar-refractivity contribution in [1.82, 2.24) is 0 Å². The Balaban J connectivity index is 3.85. The van der Waals surface area contributed by atoms with Crippen molar-refractivity contribution in [3.05, 3.63) is 0 Å². The van der Waals surface area contributed by atoms with E-state index in [-0.39, 0.29) is 5.54 Å². The van der Waals surface area contributed by atoms with Crippen LogP contribution in [0.2, 0.25) is 5.54 Å². The van der Waals surface area contributed by atoms with Crippen LogP contribution in [0.5, 0.6) is 0 Å². The Morgan fingerprint density at radius 1 is 1.50 bits per heavy atom. The highest BCUT2D eigenvalue weighted by Crippen LogP contribution is 2.13. The van der Waals surface area contributed by atoms with Crippen molar-refractivity contribution in [2.45, 2.75) is 18.9 Å². The number of nitrogens with zero attached hydrogens (tertiary/aromatic N) is 1. The van der Waals surface area contributed by atoms with E-state index in [1.807, 2.05) is 6.92 Å². The fraction of sp³-hybridized carbons (Fsp3) is 0.833. The molecule has 0 radical (unpaired) electrons. The van der Waals surface area contributed by atoms with Gasteiger partial charge in [0.25, 0.3) is 0 Å². The largest absolute Gasteiger partial charge is 0.399 e. The second-order valence-electron chi connectivity index (χ2n) is 1.98. The van der Waals surface area contributed by atoms with Gasteiger partial charge in [0.05, 0.1) is 11.6 Å². The predicted octanol–water partition coefficient (Wildman–Crippen LogP) is 0.803. The van der Waals surface area contributed by atoms with Crippen LogP contribution in [0.25, 0.3) is 0 Å². The van der Waals surface area contributed by atoms with Crippen LogP contribution >= 0.6 is 0 Å². The fourth-order valence-corrected chi connectivity index (χ4v) is 2.13. The van der Waals surface area contributed by atoms with E-state index in [4.69, 9.17) is 14.1 Å². The third-order valence-electron chi connectivity index (χ3n) is 1.40. The van der Waals surface area contributed by atoms with Gasteiger partial charge in [-0.1, -0.05) is 6.92 Å². The Bertz CT molecular complexity index is 119. The first-order valence-corrected chi connectivity index (χ1v) is 4.86. The molecule has 10 heavy (non-hydrogen) atoms. The zero-order valence-corrected chi connectivity index (χ0v) is 7.78. The van der Waals surface area contributed by atoms with E-state index in [9.17, 15) is 0 Å². The van der Waals surface area contributed by atoms with Crippen LogP contribution in [0.15, 0.2) is 0 Å². The van der Waals surface area contributed by atoms with Gasteiger partial charge in [-0.3, -0.25) is 0 Å². The lowest BCUT2D eigenvalue weighted by Gasteiger charge is -2.13. The SMILES string of the molecule is CCC(C#N)[SiH](OC)OC. The van der Waals surface area contributed by atoms with Gasteiger partial charge in [-0.25, -0.2) is 0 Å². The molecule has 0 saturated carbocycles. The van der Waals surface area contributed by atoms with Gasteiger partial charge >= 0.3 is 9.28 Å². The first-order chi connectivity index (χ1) is 4.79. The summed E-state index contributed by atoms with van der Waals surface area (Å²) in [6.45, 7) is 1.96. The predicted molar refractivity (Wildman–Crippen MR) is 40.8 cm³/mol. The van der Waals surface area contributed by atoms with Crippen LogP contribution < -0.4 is 0 Å². The van der Waals surface area contributed by atoms with E-state index in [2.05, 4.69) is 6.07 Å². The highest BCUT2D eigenvalue weighted by Gasteiger charge is 2.21. The molecule has 0 fully saturated rings. The van der Waals surface area contributed by atoms with Crippen LogP contribution in [-0.2, 0) is 8.85 Å². The quantitative estimate of drug-likeness (QED) is 0.570. The zero-order chi connectivity index (χ0) is 7.98.